The second kappa shape index (κ2) is 7.46. The minimum Gasteiger partial charge on any atom is -0.334 e. The first-order valence-electron chi connectivity index (χ1n) is 8.42. The van der Waals surface area contributed by atoms with Crippen molar-refractivity contribution in [1.29, 1.82) is 0 Å². The number of hydrogen-bond acceptors (Lipinski definition) is 4. The van der Waals surface area contributed by atoms with Crippen LogP contribution in [0.5, 0.6) is 0 Å². The average molecular weight is 397 g/mol. The van der Waals surface area contributed by atoms with Gasteiger partial charge >= 0.3 is 0 Å². The third-order valence-electron chi connectivity index (χ3n) is 4.68. The molecule has 0 fully saturated rings. The molecular formula is C18H21FN2O3S2. The lowest BCUT2D eigenvalue weighted by molar-refractivity contribution is -0.134. The van der Waals surface area contributed by atoms with Crippen LogP contribution < -0.4 is 0 Å². The van der Waals surface area contributed by atoms with Gasteiger partial charge in [0.05, 0.1) is 17.5 Å². The molecule has 0 radical (unpaired) electrons. The first kappa shape index (κ1) is 19.0. The minimum absolute atomic E-state index is 0.0144. The van der Waals surface area contributed by atoms with Crippen LogP contribution in [0.1, 0.15) is 29.8 Å². The lowest BCUT2D eigenvalue weighted by Crippen LogP contribution is -2.45. The number of rotatable bonds is 5. The number of benzene rings is 1. The van der Waals surface area contributed by atoms with Crippen molar-refractivity contribution in [3.8, 4) is 0 Å². The summed E-state index contributed by atoms with van der Waals surface area (Å²) in [5, 5.41) is 2.03. The van der Waals surface area contributed by atoms with Gasteiger partial charge in [0.1, 0.15) is 5.82 Å². The molecule has 1 atom stereocenters. The number of likely N-dealkylation sites (N-methyl/N-ethyl adjacent to an activating group) is 1. The molecule has 0 saturated heterocycles. The standard InChI is InChI=1S/C18H21FN2O3S2/c1-3-16-15-9-11-25-17(15)8-10-21(16)18(22)12-20(2)26(23,24)14-6-4-13(19)5-7-14/h4-7,9,11,16H,3,8,10,12H2,1-2H3. The van der Waals surface area contributed by atoms with Crippen LogP contribution in [0.2, 0.25) is 0 Å². The van der Waals surface area contributed by atoms with E-state index in [0.29, 0.717) is 6.54 Å². The maximum absolute atomic E-state index is 13.0. The summed E-state index contributed by atoms with van der Waals surface area (Å²) >= 11 is 1.70. The van der Waals surface area contributed by atoms with E-state index in [1.54, 1.807) is 16.2 Å². The van der Waals surface area contributed by atoms with Crippen molar-refractivity contribution in [2.75, 3.05) is 20.1 Å². The molecule has 5 nitrogen and oxygen atoms in total. The fourth-order valence-corrected chi connectivity index (χ4v) is 5.34. The summed E-state index contributed by atoms with van der Waals surface area (Å²) in [5.41, 5.74) is 1.17. The smallest absolute Gasteiger partial charge is 0.243 e. The van der Waals surface area contributed by atoms with Crippen LogP contribution in [0.25, 0.3) is 0 Å². The Bertz CT molecular complexity index is 893. The van der Waals surface area contributed by atoms with Gasteiger partial charge in [0, 0.05) is 18.5 Å². The summed E-state index contributed by atoms with van der Waals surface area (Å²) in [4.78, 5) is 15.8. The Hall–Kier alpha value is -1.77. The van der Waals surface area contributed by atoms with Crippen LogP contribution in [-0.2, 0) is 21.2 Å². The van der Waals surface area contributed by atoms with Gasteiger partial charge < -0.3 is 4.90 Å². The number of fused-ring (bicyclic) bond motifs is 1. The largest absolute Gasteiger partial charge is 0.334 e. The number of carbonyl (C=O) groups excluding carboxylic acids is 1. The van der Waals surface area contributed by atoms with Gasteiger partial charge in [0.2, 0.25) is 15.9 Å². The fourth-order valence-electron chi connectivity index (χ4n) is 3.29. The van der Waals surface area contributed by atoms with Crippen molar-refractivity contribution in [2.45, 2.75) is 30.7 Å². The Morgan fingerprint density at radius 2 is 2.00 bits per heavy atom. The molecule has 0 aliphatic carbocycles. The van der Waals surface area contributed by atoms with Crippen LogP contribution in [0, 0.1) is 5.82 Å². The van der Waals surface area contributed by atoms with Crippen molar-refractivity contribution in [3.63, 3.8) is 0 Å². The Balaban J connectivity index is 1.76. The molecule has 2 heterocycles. The number of halogens is 1. The van der Waals surface area contributed by atoms with E-state index in [9.17, 15) is 17.6 Å². The number of sulfonamides is 1. The van der Waals surface area contributed by atoms with E-state index in [1.165, 1.54) is 29.6 Å². The highest BCUT2D eigenvalue weighted by molar-refractivity contribution is 7.89. The highest BCUT2D eigenvalue weighted by Gasteiger charge is 2.32. The second-order valence-corrected chi connectivity index (χ2v) is 9.32. The summed E-state index contributed by atoms with van der Waals surface area (Å²) in [6, 6.07) is 6.64. The first-order valence-corrected chi connectivity index (χ1v) is 10.7. The lowest BCUT2D eigenvalue weighted by atomic mass is 9.98. The third-order valence-corrected chi connectivity index (χ3v) is 7.50. The van der Waals surface area contributed by atoms with Gasteiger partial charge in [-0.2, -0.15) is 4.31 Å². The molecule has 2 aromatic rings. The zero-order valence-electron chi connectivity index (χ0n) is 14.7. The topological polar surface area (TPSA) is 57.7 Å². The maximum Gasteiger partial charge on any atom is 0.243 e. The van der Waals surface area contributed by atoms with E-state index in [4.69, 9.17) is 0 Å². The predicted molar refractivity (Wildman–Crippen MR) is 99.0 cm³/mol. The molecular weight excluding hydrogens is 375 g/mol. The molecule has 1 unspecified atom stereocenters. The predicted octanol–water partition coefficient (Wildman–Crippen LogP) is 3.04. The van der Waals surface area contributed by atoms with Gasteiger partial charge in [0.15, 0.2) is 0 Å². The molecule has 1 aromatic heterocycles. The average Bonchev–Trinajstić information content (AvgIpc) is 3.09. The minimum atomic E-state index is -3.84. The normalized spacial score (nSPS) is 17.4. The van der Waals surface area contributed by atoms with Crippen LogP contribution in [0.15, 0.2) is 40.6 Å². The second-order valence-electron chi connectivity index (χ2n) is 6.28. The summed E-state index contributed by atoms with van der Waals surface area (Å²) in [6.07, 6.45) is 1.58. The number of carbonyl (C=O) groups is 1. The summed E-state index contributed by atoms with van der Waals surface area (Å²) in [7, 11) is -2.47. The summed E-state index contributed by atoms with van der Waals surface area (Å²) in [5.74, 6) is -0.727. The number of amides is 1. The first-order chi connectivity index (χ1) is 12.3. The van der Waals surface area contributed by atoms with Crippen LogP contribution in [0.3, 0.4) is 0 Å². The molecule has 1 aromatic carbocycles. The fraction of sp³-hybridized carbons (Fsp3) is 0.389. The Morgan fingerprint density at radius 1 is 1.31 bits per heavy atom. The third kappa shape index (κ3) is 3.54. The Morgan fingerprint density at radius 3 is 2.65 bits per heavy atom. The van der Waals surface area contributed by atoms with Gasteiger partial charge in [-0.25, -0.2) is 12.8 Å². The van der Waals surface area contributed by atoms with Crippen molar-refractivity contribution in [2.24, 2.45) is 0 Å². The Kier molecular flexibility index (Phi) is 5.45. The van der Waals surface area contributed by atoms with Crippen LogP contribution >= 0.6 is 11.3 Å². The highest BCUT2D eigenvalue weighted by Crippen LogP contribution is 2.35. The van der Waals surface area contributed by atoms with Crippen molar-refractivity contribution < 1.29 is 17.6 Å². The van der Waals surface area contributed by atoms with E-state index in [2.05, 4.69) is 0 Å². The summed E-state index contributed by atoms with van der Waals surface area (Å²) in [6.45, 7) is 2.38. The van der Waals surface area contributed by atoms with Gasteiger partial charge in [-0.1, -0.05) is 6.92 Å². The molecule has 8 heteroatoms. The van der Waals surface area contributed by atoms with E-state index in [-0.39, 0.29) is 23.4 Å². The summed E-state index contributed by atoms with van der Waals surface area (Å²) < 4.78 is 39.3. The van der Waals surface area contributed by atoms with E-state index >= 15 is 0 Å². The lowest BCUT2D eigenvalue weighted by Gasteiger charge is -2.36. The quantitative estimate of drug-likeness (QED) is 0.781. The van der Waals surface area contributed by atoms with Gasteiger partial charge in [0.25, 0.3) is 0 Å². The molecule has 0 N–H and O–H groups in total. The SMILES string of the molecule is CCC1c2ccsc2CCN1C(=O)CN(C)S(=O)(=O)c1ccc(F)cc1. The van der Waals surface area contributed by atoms with Gasteiger partial charge in [-0.3, -0.25) is 4.79 Å². The van der Waals surface area contributed by atoms with Crippen molar-refractivity contribution >= 4 is 27.3 Å². The van der Waals surface area contributed by atoms with E-state index in [1.807, 2.05) is 18.4 Å². The molecule has 140 valence electrons. The monoisotopic (exact) mass is 396 g/mol. The van der Waals surface area contributed by atoms with Crippen LogP contribution in [-0.4, -0.2) is 43.7 Å². The molecule has 26 heavy (non-hydrogen) atoms. The zero-order valence-corrected chi connectivity index (χ0v) is 16.3. The molecule has 3 rings (SSSR count). The maximum atomic E-state index is 13.0. The molecule has 1 aliphatic heterocycles. The van der Waals surface area contributed by atoms with E-state index < -0.39 is 15.8 Å². The highest BCUT2D eigenvalue weighted by atomic mass is 32.2. The van der Waals surface area contributed by atoms with Crippen molar-refractivity contribution in [1.82, 2.24) is 9.21 Å². The van der Waals surface area contributed by atoms with Gasteiger partial charge in [-0.15, -0.1) is 11.3 Å². The Labute approximate surface area is 157 Å². The number of hydrogen-bond donors (Lipinski definition) is 0. The number of nitrogens with zero attached hydrogens (tertiary/aromatic N) is 2. The molecule has 0 bridgehead atoms. The molecule has 0 saturated carbocycles. The van der Waals surface area contributed by atoms with Crippen molar-refractivity contribution in [3.05, 3.63) is 52.0 Å². The molecule has 1 aliphatic rings. The zero-order chi connectivity index (χ0) is 18.9. The molecule has 0 spiro atoms. The van der Waals surface area contributed by atoms with E-state index in [0.717, 1.165) is 29.3 Å². The van der Waals surface area contributed by atoms with Gasteiger partial charge in [-0.05, 0) is 54.1 Å². The molecule has 1 amide bonds. The number of thiophene rings is 1. The van der Waals surface area contributed by atoms with Crippen LogP contribution in [0.4, 0.5) is 4.39 Å².